The Morgan fingerprint density at radius 3 is 2.25 bits per heavy atom. The van der Waals surface area contributed by atoms with Crippen LogP contribution < -0.4 is 0 Å². The molecule has 0 fully saturated rings. The second kappa shape index (κ2) is 3.31. The molecule has 4 heavy (non-hydrogen) atoms. The monoisotopic (exact) mass is 92.0 g/mol. The van der Waals surface area contributed by atoms with Crippen LogP contribution in [0.25, 0.3) is 0 Å². The Morgan fingerprint density at radius 1 is 2.00 bits per heavy atom. The summed E-state index contributed by atoms with van der Waals surface area (Å²) in [5.74, 6) is 0. The molecule has 0 nitrogen and oxygen atoms in total. The zero-order chi connectivity index (χ0) is 3.41. The van der Waals surface area contributed by atoms with Crippen molar-refractivity contribution in [1.29, 1.82) is 0 Å². The van der Waals surface area contributed by atoms with Crippen molar-refractivity contribution in [2.45, 2.75) is 6.92 Å². The van der Waals surface area contributed by atoms with Gasteiger partial charge in [-0.3, -0.25) is 0 Å². The first kappa shape index (κ1) is 4.31. The van der Waals surface area contributed by atoms with Crippen molar-refractivity contribution in [3.8, 4) is 0 Å². The van der Waals surface area contributed by atoms with Crippen LogP contribution in [0.1, 0.15) is 6.92 Å². The zero-order valence-corrected chi connectivity index (χ0v) is 4.03. The summed E-state index contributed by atoms with van der Waals surface area (Å²) in [4.78, 5) is 0. The second-order valence-corrected chi connectivity index (χ2v) is 1.57. The van der Waals surface area contributed by atoms with Gasteiger partial charge in [-0.05, 0) is 23.5 Å². The van der Waals surface area contributed by atoms with Crippen LogP contribution in [0.5, 0.6) is 0 Å². The van der Waals surface area contributed by atoms with Gasteiger partial charge in [0.05, 0.1) is 0 Å². The topological polar surface area (TPSA) is 0 Å². The summed E-state index contributed by atoms with van der Waals surface area (Å²) in [5.41, 5.74) is 0. The first-order valence-corrected chi connectivity index (χ1v) is 2.78. The van der Waals surface area contributed by atoms with Crippen LogP contribution in [0.4, 0.5) is 0 Å². The smallest absolute Gasteiger partial charge is 0.0128 e. The van der Waals surface area contributed by atoms with Gasteiger partial charge in [0.25, 0.3) is 0 Å². The molecule has 0 saturated heterocycles. The Kier molecular flexibility index (Phi) is 3.57. The van der Waals surface area contributed by atoms with E-state index in [0.717, 1.165) is 0 Å². The van der Waals surface area contributed by atoms with E-state index in [1.54, 1.807) is 0 Å². The third kappa shape index (κ3) is 2.31. The van der Waals surface area contributed by atoms with E-state index in [1.807, 2.05) is 12.3 Å². The summed E-state index contributed by atoms with van der Waals surface area (Å²) >= 11 is 4.41. The molecule has 2 heteroatoms. The molecule has 0 aliphatic rings. The summed E-state index contributed by atoms with van der Waals surface area (Å²) in [5, 5.41) is 1.86. The van der Waals surface area contributed by atoms with Crippen LogP contribution in [0.15, 0.2) is 0 Å². The lowest BCUT2D eigenvalue weighted by Crippen LogP contribution is -1.40. The van der Waals surface area contributed by atoms with E-state index in [1.165, 1.54) is 9.91 Å². The molecule has 0 bridgehead atoms. The largest absolute Gasteiger partial charge is 0.0819 e. The third-order valence-electron chi connectivity index (χ3n) is 0.0962. The molecule has 0 amide bonds. The summed E-state index contributed by atoms with van der Waals surface area (Å²) in [6.45, 7) is 1.91. The van der Waals surface area contributed by atoms with Gasteiger partial charge in [0.15, 0.2) is 0 Å². The summed E-state index contributed by atoms with van der Waals surface area (Å²) < 4.78 is 0. The maximum atomic E-state index is 4.41. The van der Waals surface area contributed by atoms with E-state index < -0.39 is 0 Å². The van der Waals surface area contributed by atoms with Crippen molar-refractivity contribution in [1.82, 2.24) is 0 Å². The van der Waals surface area contributed by atoms with Crippen molar-refractivity contribution < 1.29 is 0 Å². The lowest BCUT2D eigenvalue weighted by atomic mass is 11.0. The normalized spacial score (nSPS) is 5.25. The molecule has 0 aliphatic heterocycles. The van der Waals surface area contributed by atoms with E-state index in [2.05, 4.69) is 11.2 Å². The van der Waals surface area contributed by atoms with Crippen LogP contribution in [-0.4, -0.2) is 5.37 Å². The Balaban J connectivity index is 3.11. The first-order chi connectivity index (χ1) is 1.91. The van der Waals surface area contributed by atoms with Gasteiger partial charge in [0.1, 0.15) is 0 Å². The van der Waals surface area contributed by atoms with Crippen LogP contribution in [-0.2, 0) is 21.1 Å². The second-order valence-electron chi connectivity index (χ2n) is 0.332. The van der Waals surface area contributed by atoms with Gasteiger partial charge < -0.3 is 0 Å². The van der Waals surface area contributed by atoms with Crippen LogP contribution in [0, 0.1) is 0 Å². The highest BCUT2D eigenvalue weighted by Gasteiger charge is 1.27. The third-order valence-corrected chi connectivity index (χ3v) is 0.866. The molecule has 0 atom stereocenters. The van der Waals surface area contributed by atoms with Gasteiger partial charge in [-0.15, -0.1) is 0 Å². The van der Waals surface area contributed by atoms with E-state index in [-0.39, 0.29) is 0 Å². The number of hydrogen-bond donors (Lipinski definition) is 0. The van der Waals surface area contributed by atoms with Crippen LogP contribution >= 0.6 is 0 Å². The summed E-state index contributed by atoms with van der Waals surface area (Å²) in [6.07, 6.45) is 0. The van der Waals surface area contributed by atoms with E-state index in [9.17, 15) is 0 Å². The molecule has 0 N–H and O–H groups in total. The quantitative estimate of drug-likeness (QED) is 0.389. The van der Waals surface area contributed by atoms with E-state index in [4.69, 9.17) is 0 Å². The van der Waals surface area contributed by atoms with Crippen LogP contribution in [0.2, 0.25) is 0 Å². The highest BCUT2D eigenvalue weighted by molar-refractivity contribution is 8.16. The van der Waals surface area contributed by atoms with Gasteiger partial charge in [-0.1, -0.05) is 9.91 Å². The fraction of sp³-hybridized carbons (Fsp3) is 0.500. The minimum absolute atomic E-state index is 1.31. The molecule has 24 valence electrons. The molecule has 0 radical (unpaired) electrons. The SMILES string of the molecule is CC=S=S. The Labute approximate surface area is 34.0 Å². The molecule has 0 aromatic rings. The van der Waals surface area contributed by atoms with Crippen molar-refractivity contribution >= 4 is 26.5 Å². The zero-order valence-electron chi connectivity index (χ0n) is 2.39. The van der Waals surface area contributed by atoms with Crippen LogP contribution in [0.3, 0.4) is 0 Å². The highest BCUT2D eigenvalue weighted by atomic mass is 32.8. The average molecular weight is 92.2 g/mol. The summed E-state index contributed by atoms with van der Waals surface area (Å²) in [7, 11) is 1.31. The molecule has 0 rings (SSSR count). The van der Waals surface area contributed by atoms with E-state index in [0.29, 0.717) is 0 Å². The Hall–Kier alpha value is 0.310. The van der Waals surface area contributed by atoms with Gasteiger partial charge >= 0.3 is 0 Å². The van der Waals surface area contributed by atoms with E-state index >= 15 is 0 Å². The molecule has 0 unspecified atom stereocenters. The Morgan fingerprint density at radius 2 is 2.25 bits per heavy atom. The van der Waals surface area contributed by atoms with Crippen molar-refractivity contribution in [2.75, 3.05) is 0 Å². The van der Waals surface area contributed by atoms with Gasteiger partial charge in [-0.25, -0.2) is 0 Å². The predicted octanol–water partition coefficient (Wildman–Crippen LogP) is 0.353. The predicted molar refractivity (Wildman–Crippen MR) is 26.5 cm³/mol. The molecule has 0 aromatic heterocycles. The van der Waals surface area contributed by atoms with Crippen molar-refractivity contribution in [3.05, 3.63) is 0 Å². The van der Waals surface area contributed by atoms with Gasteiger partial charge in [0.2, 0.25) is 0 Å². The van der Waals surface area contributed by atoms with Crippen molar-refractivity contribution in [2.24, 2.45) is 0 Å². The molecular weight excluding hydrogens is 88.2 g/mol. The molecule has 0 spiro atoms. The molecule has 0 saturated carbocycles. The molecule has 0 aromatic carbocycles. The Bertz CT molecular complexity index is 42.0. The fourth-order valence-electron chi connectivity index (χ4n) is 0. The average Bonchev–Trinajstić information content (AvgIpc) is 1.37. The van der Waals surface area contributed by atoms with Gasteiger partial charge in [0, 0.05) is 0 Å². The first-order valence-electron chi connectivity index (χ1n) is 0.980. The lowest BCUT2D eigenvalue weighted by Gasteiger charge is -1.35. The number of rotatable bonds is 0. The lowest BCUT2D eigenvalue weighted by molar-refractivity contribution is 2.14. The molecule has 0 heterocycles. The van der Waals surface area contributed by atoms with Crippen molar-refractivity contribution in [3.63, 3.8) is 0 Å². The standard InChI is InChI=1S/C2H4S2/c1-2-4-3/h2H,1H3. The minimum Gasteiger partial charge on any atom is -0.0819 e. The maximum Gasteiger partial charge on any atom is -0.0128 e. The molecule has 0 aliphatic carbocycles. The summed E-state index contributed by atoms with van der Waals surface area (Å²) in [6, 6.07) is 0. The highest BCUT2D eigenvalue weighted by Crippen LogP contribution is 1.24. The fourth-order valence-corrected chi connectivity index (χ4v) is 0. The van der Waals surface area contributed by atoms with Gasteiger partial charge in [-0.2, -0.15) is 0 Å². The number of hydrogen-bond acceptors (Lipinski definition) is 1. The maximum absolute atomic E-state index is 4.41. The minimum atomic E-state index is 1.31. The molecular formula is C2H4S2.